The van der Waals surface area contributed by atoms with Crippen LogP contribution in [-0.2, 0) is 23.4 Å². The minimum Gasteiger partial charge on any atom is -0.305 e. The molecule has 1 N–H and O–H groups in total. The van der Waals surface area contributed by atoms with Gasteiger partial charge in [0, 0.05) is 36.8 Å². The Morgan fingerprint density at radius 2 is 2.47 bits per heavy atom. The fourth-order valence-electron chi connectivity index (χ4n) is 1.52. The lowest BCUT2D eigenvalue weighted by atomic mass is 10.3. The van der Waals surface area contributed by atoms with Gasteiger partial charge in [0.15, 0.2) is 9.84 Å². The Morgan fingerprint density at radius 3 is 3.00 bits per heavy atom. The van der Waals surface area contributed by atoms with Crippen LogP contribution in [0.2, 0.25) is 0 Å². The second-order valence-corrected chi connectivity index (χ2v) is 5.60. The zero-order valence-electron chi connectivity index (χ0n) is 8.42. The molecule has 0 saturated heterocycles. The quantitative estimate of drug-likeness (QED) is 0.778. The van der Waals surface area contributed by atoms with Crippen LogP contribution in [0.25, 0.3) is 0 Å². The first-order valence-electron chi connectivity index (χ1n) is 4.67. The molecule has 1 aromatic rings. The Bertz CT molecular complexity index is 475. The van der Waals surface area contributed by atoms with Crippen molar-refractivity contribution in [2.45, 2.75) is 12.6 Å². The van der Waals surface area contributed by atoms with E-state index in [1.807, 2.05) is 13.2 Å². The fourth-order valence-corrected chi connectivity index (χ4v) is 2.78. The SMILES string of the molecule is Cn1cc(CNC2C=CS(=O)(=O)C2)cn1. The Labute approximate surface area is 88.7 Å². The van der Waals surface area contributed by atoms with Crippen molar-refractivity contribution >= 4 is 9.84 Å². The monoisotopic (exact) mass is 227 g/mol. The normalized spacial score (nSPS) is 23.4. The van der Waals surface area contributed by atoms with Gasteiger partial charge in [-0.25, -0.2) is 8.42 Å². The molecule has 2 heterocycles. The van der Waals surface area contributed by atoms with Crippen molar-refractivity contribution in [1.29, 1.82) is 0 Å². The molecule has 2 rings (SSSR count). The number of hydrogen-bond acceptors (Lipinski definition) is 4. The van der Waals surface area contributed by atoms with Crippen molar-refractivity contribution in [2.24, 2.45) is 7.05 Å². The molecule has 82 valence electrons. The molecular formula is C9H13N3O2S. The van der Waals surface area contributed by atoms with E-state index in [9.17, 15) is 8.42 Å². The van der Waals surface area contributed by atoms with Crippen LogP contribution < -0.4 is 5.32 Å². The average Bonchev–Trinajstić information content (AvgIpc) is 2.69. The van der Waals surface area contributed by atoms with Gasteiger partial charge in [0.05, 0.1) is 11.9 Å². The minimum atomic E-state index is -2.96. The molecule has 0 aromatic carbocycles. The minimum absolute atomic E-state index is 0.0739. The van der Waals surface area contributed by atoms with Crippen molar-refractivity contribution in [2.75, 3.05) is 5.75 Å². The first kappa shape index (κ1) is 10.4. The first-order valence-corrected chi connectivity index (χ1v) is 6.38. The van der Waals surface area contributed by atoms with Crippen molar-refractivity contribution in [3.05, 3.63) is 29.4 Å². The largest absolute Gasteiger partial charge is 0.305 e. The fraction of sp³-hybridized carbons (Fsp3) is 0.444. The Kier molecular flexibility index (Phi) is 2.62. The molecule has 1 atom stereocenters. The topological polar surface area (TPSA) is 64.0 Å². The number of hydrogen-bond donors (Lipinski definition) is 1. The first-order chi connectivity index (χ1) is 7.05. The van der Waals surface area contributed by atoms with Crippen LogP contribution in [0.1, 0.15) is 5.56 Å². The molecule has 15 heavy (non-hydrogen) atoms. The molecule has 5 nitrogen and oxygen atoms in total. The summed E-state index contributed by atoms with van der Waals surface area (Å²) >= 11 is 0. The van der Waals surface area contributed by atoms with E-state index in [-0.39, 0.29) is 11.8 Å². The van der Waals surface area contributed by atoms with Crippen molar-refractivity contribution in [3.63, 3.8) is 0 Å². The Balaban J connectivity index is 1.88. The number of sulfone groups is 1. The van der Waals surface area contributed by atoms with Crippen LogP contribution in [0.3, 0.4) is 0 Å². The van der Waals surface area contributed by atoms with Gasteiger partial charge in [-0.05, 0) is 0 Å². The van der Waals surface area contributed by atoms with Crippen LogP contribution in [-0.4, -0.2) is 30.0 Å². The molecule has 1 unspecified atom stereocenters. The van der Waals surface area contributed by atoms with Crippen molar-refractivity contribution < 1.29 is 8.42 Å². The molecule has 0 bridgehead atoms. The predicted octanol–water partition coefficient (Wildman–Crippen LogP) is -0.180. The second-order valence-electron chi connectivity index (χ2n) is 3.67. The van der Waals surface area contributed by atoms with E-state index in [4.69, 9.17) is 0 Å². The van der Waals surface area contributed by atoms with E-state index in [0.717, 1.165) is 5.56 Å². The van der Waals surface area contributed by atoms with Gasteiger partial charge < -0.3 is 5.32 Å². The lowest BCUT2D eigenvalue weighted by Crippen LogP contribution is -2.29. The Hall–Kier alpha value is -1.14. The van der Waals surface area contributed by atoms with E-state index < -0.39 is 9.84 Å². The van der Waals surface area contributed by atoms with E-state index >= 15 is 0 Å². The molecule has 0 aliphatic carbocycles. The van der Waals surface area contributed by atoms with E-state index in [2.05, 4.69) is 10.4 Å². The lowest BCUT2D eigenvalue weighted by Gasteiger charge is -2.07. The summed E-state index contributed by atoms with van der Waals surface area (Å²) in [6.45, 7) is 0.637. The molecule has 0 saturated carbocycles. The summed E-state index contributed by atoms with van der Waals surface area (Å²) in [5.41, 5.74) is 1.05. The molecule has 0 fully saturated rings. The summed E-state index contributed by atoms with van der Waals surface area (Å²) < 4.78 is 23.9. The van der Waals surface area contributed by atoms with Gasteiger partial charge in [-0.2, -0.15) is 5.10 Å². The summed E-state index contributed by atoms with van der Waals surface area (Å²) in [6.07, 6.45) is 5.35. The maximum Gasteiger partial charge on any atom is 0.173 e. The van der Waals surface area contributed by atoms with Crippen LogP contribution >= 0.6 is 0 Å². The maximum absolute atomic E-state index is 11.1. The average molecular weight is 227 g/mol. The van der Waals surface area contributed by atoms with E-state index in [0.29, 0.717) is 6.54 Å². The van der Waals surface area contributed by atoms with Gasteiger partial charge in [-0.3, -0.25) is 4.68 Å². The molecule has 0 amide bonds. The highest BCUT2D eigenvalue weighted by Crippen LogP contribution is 2.08. The summed E-state index contributed by atoms with van der Waals surface area (Å²) in [4.78, 5) is 0. The third-order valence-electron chi connectivity index (χ3n) is 2.26. The van der Waals surface area contributed by atoms with Gasteiger partial charge in [-0.15, -0.1) is 0 Å². The number of nitrogens with zero attached hydrogens (tertiary/aromatic N) is 2. The van der Waals surface area contributed by atoms with Gasteiger partial charge in [0.25, 0.3) is 0 Å². The molecule has 0 spiro atoms. The van der Waals surface area contributed by atoms with Gasteiger partial charge in [0.2, 0.25) is 0 Å². The molecule has 1 aromatic heterocycles. The van der Waals surface area contributed by atoms with Gasteiger partial charge >= 0.3 is 0 Å². The summed E-state index contributed by atoms with van der Waals surface area (Å²) in [5, 5.41) is 8.45. The molecule has 6 heteroatoms. The third-order valence-corrected chi connectivity index (χ3v) is 3.65. The number of aryl methyl sites for hydroxylation is 1. The van der Waals surface area contributed by atoms with E-state index in [1.165, 1.54) is 5.41 Å². The maximum atomic E-state index is 11.1. The predicted molar refractivity (Wildman–Crippen MR) is 56.8 cm³/mol. The van der Waals surface area contributed by atoms with Crippen LogP contribution in [0.5, 0.6) is 0 Å². The highest BCUT2D eigenvalue weighted by atomic mass is 32.2. The van der Waals surface area contributed by atoms with Gasteiger partial charge in [0.1, 0.15) is 0 Å². The number of aromatic nitrogens is 2. The highest BCUT2D eigenvalue weighted by Gasteiger charge is 2.20. The molecule has 1 aliphatic rings. The van der Waals surface area contributed by atoms with Crippen LogP contribution in [0.15, 0.2) is 23.9 Å². The van der Waals surface area contributed by atoms with Gasteiger partial charge in [-0.1, -0.05) is 6.08 Å². The third kappa shape index (κ3) is 2.66. The number of nitrogens with one attached hydrogen (secondary N) is 1. The molecular weight excluding hydrogens is 214 g/mol. The zero-order valence-corrected chi connectivity index (χ0v) is 9.24. The zero-order chi connectivity index (χ0) is 10.9. The van der Waals surface area contributed by atoms with Crippen LogP contribution in [0, 0.1) is 0 Å². The summed E-state index contributed by atoms with van der Waals surface area (Å²) in [5.74, 6) is 0.160. The Morgan fingerprint density at radius 1 is 1.67 bits per heavy atom. The number of rotatable bonds is 3. The standard InChI is InChI=1S/C9H13N3O2S/c1-12-6-8(5-11-12)4-10-9-2-3-15(13,14)7-9/h2-3,5-6,9-10H,4,7H2,1H3. The second kappa shape index (κ2) is 3.79. The molecule has 0 radical (unpaired) electrons. The lowest BCUT2D eigenvalue weighted by molar-refractivity contribution is 0.590. The smallest absolute Gasteiger partial charge is 0.173 e. The van der Waals surface area contributed by atoms with Crippen molar-refractivity contribution in [3.8, 4) is 0 Å². The molecule has 1 aliphatic heterocycles. The van der Waals surface area contributed by atoms with Crippen molar-refractivity contribution in [1.82, 2.24) is 15.1 Å². The summed E-state index contributed by atoms with van der Waals surface area (Å²) in [7, 11) is -1.11. The summed E-state index contributed by atoms with van der Waals surface area (Å²) in [6, 6.07) is -0.0739. The van der Waals surface area contributed by atoms with Crippen LogP contribution in [0.4, 0.5) is 0 Å². The van der Waals surface area contributed by atoms with E-state index in [1.54, 1.807) is 17.0 Å². The highest BCUT2D eigenvalue weighted by molar-refractivity contribution is 7.94.